The molecule has 0 spiro atoms. The Hall–Kier alpha value is -0.790. The molecule has 2 rings (SSSR count). The number of benzene rings is 1. The Labute approximate surface area is 112 Å². The molecule has 0 aliphatic carbocycles. The second-order valence-electron chi connectivity index (χ2n) is 5.36. The lowest BCUT2D eigenvalue weighted by molar-refractivity contribution is 0.571. The van der Waals surface area contributed by atoms with Gasteiger partial charge in [0.05, 0.1) is 10.5 Å². The van der Waals surface area contributed by atoms with E-state index in [4.69, 9.17) is 28.2 Å². The predicted octanol–water partition coefficient (Wildman–Crippen LogP) is 5.15. The molecule has 3 heteroatoms. The molecule has 0 bridgehead atoms. The molecule has 0 saturated carbocycles. The number of hydrogen-bond acceptors (Lipinski definition) is 1. The highest BCUT2D eigenvalue weighted by molar-refractivity contribution is 6.36. The van der Waals surface area contributed by atoms with E-state index in [0.717, 1.165) is 22.2 Å². The topological polar surface area (TPSA) is 12.9 Å². The highest BCUT2D eigenvalue weighted by Gasteiger charge is 2.18. The van der Waals surface area contributed by atoms with Crippen LogP contribution in [0.5, 0.6) is 0 Å². The Morgan fingerprint density at radius 2 is 1.71 bits per heavy atom. The van der Waals surface area contributed by atoms with E-state index in [-0.39, 0.29) is 5.41 Å². The van der Waals surface area contributed by atoms with Crippen LogP contribution in [0, 0.1) is 6.92 Å². The summed E-state index contributed by atoms with van der Waals surface area (Å²) in [6.45, 7) is 8.39. The maximum Gasteiger partial charge on any atom is 0.0750 e. The molecular formula is C14H15Cl2N. The molecular weight excluding hydrogens is 253 g/mol. The smallest absolute Gasteiger partial charge is 0.0750 e. The maximum atomic E-state index is 6.31. The normalized spacial score (nSPS) is 12.1. The predicted molar refractivity (Wildman–Crippen MR) is 75.2 cm³/mol. The van der Waals surface area contributed by atoms with Gasteiger partial charge in [0.25, 0.3) is 0 Å². The average Bonchev–Trinajstić information content (AvgIpc) is 2.17. The molecule has 0 saturated heterocycles. The largest absolute Gasteiger partial charge is 0.252 e. The van der Waals surface area contributed by atoms with E-state index in [1.807, 2.05) is 25.1 Å². The maximum absolute atomic E-state index is 6.31. The zero-order valence-electron chi connectivity index (χ0n) is 10.4. The fourth-order valence-corrected chi connectivity index (χ4v) is 2.32. The van der Waals surface area contributed by atoms with E-state index >= 15 is 0 Å². The van der Waals surface area contributed by atoms with E-state index < -0.39 is 0 Å². The van der Waals surface area contributed by atoms with Crippen LogP contribution >= 0.6 is 23.2 Å². The van der Waals surface area contributed by atoms with Gasteiger partial charge in [0, 0.05) is 21.5 Å². The van der Waals surface area contributed by atoms with Crippen molar-refractivity contribution >= 4 is 34.1 Å². The molecule has 1 aromatic heterocycles. The number of aromatic nitrogens is 1. The number of hydrogen-bond donors (Lipinski definition) is 0. The van der Waals surface area contributed by atoms with Crippen LogP contribution in [0.4, 0.5) is 0 Å². The molecule has 0 N–H and O–H groups in total. The van der Waals surface area contributed by atoms with Crippen LogP contribution in [0.25, 0.3) is 10.9 Å². The minimum absolute atomic E-state index is 0.0100. The van der Waals surface area contributed by atoms with E-state index in [0.29, 0.717) is 10.0 Å². The van der Waals surface area contributed by atoms with Gasteiger partial charge < -0.3 is 0 Å². The van der Waals surface area contributed by atoms with Crippen molar-refractivity contribution in [3.63, 3.8) is 0 Å². The number of rotatable bonds is 0. The lowest BCUT2D eigenvalue weighted by Crippen LogP contribution is -2.13. The molecule has 0 aliphatic heterocycles. The van der Waals surface area contributed by atoms with Gasteiger partial charge in [0.15, 0.2) is 0 Å². The molecule has 17 heavy (non-hydrogen) atoms. The third-order valence-corrected chi connectivity index (χ3v) is 3.32. The van der Waals surface area contributed by atoms with Crippen LogP contribution in [-0.2, 0) is 5.41 Å². The summed E-state index contributed by atoms with van der Waals surface area (Å²) in [7, 11) is 0. The number of halogens is 2. The molecule has 0 amide bonds. The molecule has 2 aromatic rings. The molecule has 0 unspecified atom stereocenters. The monoisotopic (exact) mass is 267 g/mol. The molecule has 1 aromatic carbocycles. The summed E-state index contributed by atoms with van der Waals surface area (Å²) in [6, 6.07) is 5.71. The summed E-state index contributed by atoms with van der Waals surface area (Å²) in [5.41, 5.74) is 2.98. The number of fused-ring (bicyclic) bond motifs is 1. The van der Waals surface area contributed by atoms with Crippen molar-refractivity contribution in [2.75, 3.05) is 0 Å². The summed E-state index contributed by atoms with van der Waals surface area (Å²) >= 11 is 12.4. The zero-order valence-corrected chi connectivity index (χ0v) is 11.9. The van der Waals surface area contributed by atoms with Crippen molar-refractivity contribution in [1.29, 1.82) is 0 Å². The number of aryl methyl sites for hydroxylation is 1. The summed E-state index contributed by atoms with van der Waals surface area (Å²) in [5, 5.41) is 2.33. The van der Waals surface area contributed by atoms with Crippen LogP contribution in [0.3, 0.4) is 0 Å². The van der Waals surface area contributed by atoms with Crippen LogP contribution in [-0.4, -0.2) is 4.98 Å². The van der Waals surface area contributed by atoms with Gasteiger partial charge in [0.2, 0.25) is 0 Å². The van der Waals surface area contributed by atoms with Crippen LogP contribution in [0.2, 0.25) is 10.0 Å². The molecule has 0 radical (unpaired) electrons. The van der Waals surface area contributed by atoms with Crippen molar-refractivity contribution < 1.29 is 0 Å². The highest BCUT2D eigenvalue weighted by Crippen LogP contribution is 2.32. The first-order valence-electron chi connectivity index (χ1n) is 5.56. The molecule has 1 heterocycles. The second-order valence-corrected chi connectivity index (χ2v) is 6.20. The van der Waals surface area contributed by atoms with Gasteiger partial charge in [-0.15, -0.1) is 0 Å². The molecule has 1 nitrogen and oxygen atoms in total. The Morgan fingerprint density at radius 3 is 2.29 bits per heavy atom. The Bertz CT molecular complexity index is 583. The van der Waals surface area contributed by atoms with Gasteiger partial charge in [-0.3, -0.25) is 4.98 Å². The molecule has 0 fully saturated rings. The van der Waals surface area contributed by atoms with E-state index in [1.165, 1.54) is 0 Å². The minimum Gasteiger partial charge on any atom is -0.252 e. The van der Waals surface area contributed by atoms with E-state index in [9.17, 15) is 0 Å². The zero-order chi connectivity index (χ0) is 12.8. The molecule has 0 aliphatic rings. The van der Waals surface area contributed by atoms with Gasteiger partial charge in [-0.2, -0.15) is 0 Å². The first kappa shape index (κ1) is 12.7. The molecule has 90 valence electrons. The first-order chi connectivity index (χ1) is 7.79. The summed E-state index contributed by atoms with van der Waals surface area (Å²) in [6.07, 6.45) is 0. The highest BCUT2D eigenvalue weighted by atomic mass is 35.5. The first-order valence-corrected chi connectivity index (χ1v) is 6.31. The number of nitrogens with zero attached hydrogens (tertiary/aromatic N) is 1. The Balaban J connectivity index is 2.83. The van der Waals surface area contributed by atoms with Crippen LogP contribution in [0.15, 0.2) is 18.2 Å². The third kappa shape index (κ3) is 2.41. The quantitative estimate of drug-likeness (QED) is 0.644. The Morgan fingerprint density at radius 1 is 1.06 bits per heavy atom. The van der Waals surface area contributed by atoms with Crippen molar-refractivity contribution in [3.8, 4) is 0 Å². The van der Waals surface area contributed by atoms with Crippen LogP contribution < -0.4 is 0 Å². The fraction of sp³-hybridized carbons (Fsp3) is 0.357. The van der Waals surface area contributed by atoms with Gasteiger partial charge in [-0.25, -0.2) is 0 Å². The standard InChI is InChI=1S/C14H15Cl2N/c1-8-5-9(15)6-10-11(16)7-12(14(2,3)4)17-13(8)10/h5-7H,1-4H3. The number of pyridine rings is 1. The van der Waals surface area contributed by atoms with Gasteiger partial charge >= 0.3 is 0 Å². The Kier molecular flexibility index (Phi) is 3.09. The fourth-order valence-electron chi connectivity index (χ4n) is 1.80. The summed E-state index contributed by atoms with van der Waals surface area (Å²) in [4.78, 5) is 4.70. The second kappa shape index (κ2) is 4.15. The van der Waals surface area contributed by atoms with Crippen molar-refractivity contribution in [1.82, 2.24) is 4.98 Å². The third-order valence-electron chi connectivity index (χ3n) is 2.79. The lowest BCUT2D eigenvalue weighted by atomic mass is 9.91. The van der Waals surface area contributed by atoms with Gasteiger partial charge in [0.1, 0.15) is 0 Å². The molecule has 0 atom stereocenters. The van der Waals surface area contributed by atoms with Gasteiger partial charge in [-0.1, -0.05) is 44.0 Å². The van der Waals surface area contributed by atoms with Gasteiger partial charge in [-0.05, 0) is 30.7 Å². The van der Waals surface area contributed by atoms with Crippen LogP contribution in [0.1, 0.15) is 32.0 Å². The van der Waals surface area contributed by atoms with Crippen molar-refractivity contribution in [3.05, 3.63) is 39.5 Å². The lowest BCUT2D eigenvalue weighted by Gasteiger charge is -2.19. The summed E-state index contributed by atoms with van der Waals surface area (Å²) < 4.78 is 0. The average molecular weight is 268 g/mol. The SMILES string of the molecule is Cc1cc(Cl)cc2c(Cl)cc(C(C)(C)C)nc12. The van der Waals surface area contributed by atoms with E-state index in [2.05, 4.69) is 20.8 Å². The van der Waals surface area contributed by atoms with E-state index in [1.54, 1.807) is 0 Å². The van der Waals surface area contributed by atoms with Crippen molar-refractivity contribution in [2.45, 2.75) is 33.1 Å². The minimum atomic E-state index is -0.0100. The summed E-state index contributed by atoms with van der Waals surface area (Å²) in [5.74, 6) is 0. The van der Waals surface area contributed by atoms with Crippen molar-refractivity contribution in [2.24, 2.45) is 0 Å².